The molecule has 2 aromatic rings. The van der Waals surface area contributed by atoms with Crippen LogP contribution in [0.5, 0.6) is 5.75 Å². The molecule has 0 aliphatic carbocycles. The van der Waals surface area contributed by atoms with E-state index in [-0.39, 0.29) is 36.0 Å². The quantitative estimate of drug-likeness (QED) is 0.536. The number of allylic oxidation sites excluding steroid dienone is 2. The molecule has 0 aromatic heterocycles. The zero-order chi connectivity index (χ0) is 22.5. The van der Waals surface area contributed by atoms with Gasteiger partial charge in [0.25, 0.3) is 0 Å². The summed E-state index contributed by atoms with van der Waals surface area (Å²) < 4.78 is 17.5. The maximum Gasteiger partial charge on any atom is 0.338 e. The Morgan fingerprint density at radius 1 is 1.32 bits per heavy atom. The molecule has 0 radical (unpaired) electrons. The third-order valence-corrected chi connectivity index (χ3v) is 5.59. The van der Waals surface area contributed by atoms with Crippen LogP contribution in [0, 0.1) is 11.3 Å². The minimum absolute atomic E-state index is 0.0601. The van der Waals surface area contributed by atoms with Gasteiger partial charge >= 0.3 is 5.97 Å². The molecule has 31 heavy (non-hydrogen) atoms. The predicted molar refractivity (Wildman–Crippen MR) is 120 cm³/mol. The molecule has 1 unspecified atom stereocenters. The SMILES string of the molecule is CCOC(=O)C1=C(C)OC(N)=C(C#N)C1c1cc(Br)ccc1OCc1ccccc1Cl. The van der Waals surface area contributed by atoms with Crippen LogP contribution >= 0.6 is 27.5 Å². The summed E-state index contributed by atoms with van der Waals surface area (Å²) >= 11 is 9.71. The number of halogens is 2. The number of carbonyl (C=O) groups excluding carboxylic acids is 1. The average molecular weight is 504 g/mol. The molecule has 6 nitrogen and oxygen atoms in total. The van der Waals surface area contributed by atoms with E-state index in [1.807, 2.05) is 24.3 Å². The lowest BCUT2D eigenvalue weighted by atomic mass is 9.82. The van der Waals surface area contributed by atoms with Crippen molar-refractivity contribution < 1.29 is 19.0 Å². The number of esters is 1. The van der Waals surface area contributed by atoms with Crippen molar-refractivity contribution in [2.45, 2.75) is 26.4 Å². The Bertz CT molecular complexity index is 1120. The molecule has 8 heteroatoms. The number of hydrogen-bond donors (Lipinski definition) is 1. The van der Waals surface area contributed by atoms with E-state index in [0.29, 0.717) is 16.3 Å². The van der Waals surface area contributed by atoms with Crippen molar-refractivity contribution in [3.8, 4) is 11.8 Å². The van der Waals surface area contributed by atoms with E-state index in [1.165, 1.54) is 0 Å². The second kappa shape index (κ2) is 9.90. The van der Waals surface area contributed by atoms with Crippen LogP contribution in [0.1, 0.15) is 30.9 Å². The smallest absolute Gasteiger partial charge is 0.338 e. The number of rotatable bonds is 6. The number of nitrogens with two attached hydrogens (primary N) is 1. The fourth-order valence-electron chi connectivity index (χ4n) is 3.31. The van der Waals surface area contributed by atoms with Crippen LogP contribution in [0.4, 0.5) is 0 Å². The second-order valence-electron chi connectivity index (χ2n) is 6.68. The third-order valence-electron chi connectivity index (χ3n) is 4.72. The summed E-state index contributed by atoms with van der Waals surface area (Å²) in [6.07, 6.45) is 0. The van der Waals surface area contributed by atoms with Gasteiger partial charge < -0.3 is 19.9 Å². The summed E-state index contributed by atoms with van der Waals surface area (Å²) in [5.41, 5.74) is 7.68. The molecule has 2 N–H and O–H groups in total. The molecule has 1 atom stereocenters. The van der Waals surface area contributed by atoms with Crippen molar-refractivity contribution in [2.24, 2.45) is 5.73 Å². The Morgan fingerprint density at radius 3 is 2.74 bits per heavy atom. The normalized spacial score (nSPS) is 15.9. The van der Waals surface area contributed by atoms with Crippen LogP contribution in [0.25, 0.3) is 0 Å². The lowest BCUT2D eigenvalue weighted by Gasteiger charge is -2.28. The predicted octanol–water partition coefficient (Wildman–Crippen LogP) is 5.33. The highest BCUT2D eigenvalue weighted by Crippen LogP contribution is 2.44. The Hall–Kier alpha value is -2.95. The first-order valence-corrected chi connectivity index (χ1v) is 10.7. The fraction of sp³-hybridized carbons (Fsp3) is 0.217. The number of carbonyl (C=O) groups is 1. The average Bonchev–Trinajstić information content (AvgIpc) is 2.73. The Balaban J connectivity index is 2.10. The molecule has 0 saturated carbocycles. The number of nitriles is 1. The van der Waals surface area contributed by atoms with E-state index >= 15 is 0 Å². The Kier molecular flexibility index (Phi) is 7.26. The van der Waals surface area contributed by atoms with Gasteiger partial charge in [0, 0.05) is 20.6 Å². The van der Waals surface area contributed by atoms with Gasteiger partial charge in [-0.15, -0.1) is 0 Å². The Labute approximate surface area is 194 Å². The maximum atomic E-state index is 12.8. The molecule has 0 amide bonds. The third kappa shape index (κ3) is 4.87. The summed E-state index contributed by atoms with van der Waals surface area (Å²) in [5, 5.41) is 10.4. The van der Waals surface area contributed by atoms with Crippen molar-refractivity contribution in [3.63, 3.8) is 0 Å². The first-order valence-electron chi connectivity index (χ1n) is 9.48. The van der Waals surface area contributed by atoms with Crippen LogP contribution in [-0.4, -0.2) is 12.6 Å². The highest BCUT2D eigenvalue weighted by Gasteiger charge is 2.38. The minimum Gasteiger partial charge on any atom is -0.489 e. The van der Waals surface area contributed by atoms with Gasteiger partial charge in [-0.2, -0.15) is 5.26 Å². The van der Waals surface area contributed by atoms with Crippen molar-refractivity contribution in [2.75, 3.05) is 6.61 Å². The lowest BCUT2D eigenvalue weighted by Crippen LogP contribution is -2.26. The van der Waals surface area contributed by atoms with Crippen LogP contribution < -0.4 is 10.5 Å². The van der Waals surface area contributed by atoms with E-state index in [0.717, 1.165) is 10.0 Å². The van der Waals surface area contributed by atoms with E-state index in [1.54, 1.807) is 32.0 Å². The summed E-state index contributed by atoms with van der Waals surface area (Å²) in [7, 11) is 0. The van der Waals surface area contributed by atoms with Crippen LogP contribution in [0.3, 0.4) is 0 Å². The van der Waals surface area contributed by atoms with Crippen molar-refractivity contribution in [1.29, 1.82) is 5.26 Å². The molecule has 0 saturated heterocycles. The molecule has 160 valence electrons. The number of ether oxygens (including phenoxy) is 3. The number of benzene rings is 2. The molecule has 1 aliphatic heterocycles. The first kappa shape index (κ1) is 22.7. The van der Waals surface area contributed by atoms with Gasteiger partial charge in [-0.05, 0) is 38.1 Å². The Morgan fingerprint density at radius 2 is 2.06 bits per heavy atom. The van der Waals surface area contributed by atoms with E-state index in [4.69, 9.17) is 31.5 Å². The number of hydrogen-bond acceptors (Lipinski definition) is 6. The van der Waals surface area contributed by atoms with E-state index < -0.39 is 11.9 Å². The summed E-state index contributed by atoms with van der Waals surface area (Å²) in [6.45, 7) is 3.70. The zero-order valence-electron chi connectivity index (χ0n) is 16.9. The van der Waals surface area contributed by atoms with Crippen molar-refractivity contribution in [3.05, 3.63) is 85.9 Å². The van der Waals surface area contributed by atoms with Gasteiger partial charge in [-0.3, -0.25) is 0 Å². The summed E-state index contributed by atoms with van der Waals surface area (Å²) in [6, 6.07) is 14.8. The van der Waals surface area contributed by atoms with Crippen molar-refractivity contribution >= 4 is 33.5 Å². The highest BCUT2D eigenvalue weighted by atomic mass is 79.9. The molecule has 0 bridgehead atoms. The van der Waals surface area contributed by atoms with E-state index in [9.17, 15) is 10.1 Å². The van der Waals surface area contributed by atoms with Crippen LogP contribution in [0.2, 0.25) is 5.02 Å². The van der Waals surface area contributed by atoms with Crippen LogP contribution in [-0.2, 0) is 20.9 Å². The summed E-state index contributed by atoms with van der Waals surface area (Å²) in [5.74, 6) is -0.698. The zero-order valence-corrected chi connectivity index (χ0v) is 19.3. The minimum atomic E-state index is -0.809. The molecule has 1 heterocycles. The molecule has 0 fully saturated rings. The van der Waals surface area contributed by atoms with Gasteiger partial charge in [0.15, 0.2) is 0 Å². The monoisotopic (exact) mass is 502 g/mol. The van der Waals surface area contributed by atoms with E-state index in [2.05, 4.69) is 22.0 Å². The first-order chi connectivity index (χ1) is 14.9. The highest BCUT2D eigenvalue weighted by molar-refractivity contribution is 9.10. The lowest BCUT2D eigenvalue weighted by molar-refractivity contribution is -0.139. The van der Waals surface area contributed by atoms with Gasteiger partial charge in [0.1, 0.15) is 29.8 Å². The number of nitrogens with zero attached hydrogens (tertiary/aromatic N) is 1. The molecule has 0 spiro atoms. The molecule has 3 rings (SSSR count). The molecule has 2 aromatic carbocycles. The maximum absolute atomic E-state index is 12.8. The topological polar surface area (TPSA) is 94.6 Å². The summed E-state index contributed by atoms with van der Waals surface area (Å²) in [4.78, 5) is 12.8. The van der Waals surface area contributed by atoms with Crippen LogP contribution in [0.15, 0.2) is 69.7 Å². The standard InChI is InChI=1S/C23H20BrClN2O4/c1-3-29-23(28)20-13(2)31-22(27)17(11-26)21(20)16-10-15(24)8-9-19(16)30-12-14-6-4-5-7-18(14)25/h4-10,21H,3,12,27H2,1-2H3. The van der Waals surface area contributed by atoms with Gasteiger partial charge in [0.2, 0.25) is 5.88 Å². The van der Waals surface area contributed by atoms with Gasteiger partial charge in [0.05, 0.1) is 18.1 Å². The fourth-order valence-corrected chi connectivity index (χ4v) is 3.88. The second-order valence-corrected chi connectivity index (χ2v) is 8.00. The largest absolute Gasteiger partial charge is 0.489 e. The van der Waals surface area contributed by atoms with Crippen molar-refractivity contribution in [1.82, 2.24) is 0 Å². The van der Waals surface area contributed by atoms with Gasteiger partial charge in [-0.1, -0.05) is 45.7 Å². The van der Waals surface area contributed by atoms with Gasteiger partial charge in [-0.25, -0.2) is 4.79 Å². The molecular formula is C23H20BrClN2O4. The molecule has 1 aliphatic rings. The molecular weight excluding hydrogens is 484 g/mol.